The first-order chi connectivity index (χ1) is 10.1. The molecule has 2 aliphatic rings. The van der Waals surface area contributed by atoms with Gasteiger partial charge in [-0.15, -0.1) is 24.0 Å². The SMILES string of the molecule is I.NC(=N[C@H]1C[C@@H]1C(F)F)Nc1ccc2c(c1)OCCCO2. The Morgan fingerprint density at radius 1 is 1.27 bits per heavy atom. The zero-order valence-electron chi connectivity index (χ0n) is 11.8. The lowest BCUT2D eigenvalue weighted by Gasteiger charge is -2.10. The van der Waals surface area contributed by atoms with E-state index in [1.54, 1.807) is 18.2 Å². The van der Waals surface area contributed by atoms with Crippen molar-refractivity contribution in [3.63, 3.8) is 0 Å². The van der Waals surface area contributed by atoms with E-state index in [1.807, 2.05) is 0 Å². The third kappa shape index (κ3) is 4.11. The molecule has 8 heteroatoms. The molecule has 1 aliphatic heterocycles. The number of aliphatic imine (C=N–C) groups is 1. The normalized spacial score (nSPS) is 23.5. The highest BCUT2D eigenvalue weighted by atomic mass is 127. The fraction of sp³-hybridized carbons (Fsp3) is 0.500. The van der Waals surface area contributed by atoms with E-state index < -0.39 is 12.3 Å². The van der Waals surface area contributed by atoms with Crippen LogP contribution in [0, 0.1) is 5.92 Å². The molecule has 1 heterocycles. The molecular formula is C14H18F2IN3O2. The Kier molecular flexibility index (Phi) is 5.65. The molecular weight excluding hydrogens is 407 g/mol. The van der Waals surface area contributed by atoms with E-state index in [1.165, 1.54) is 0 Å². The van der Waals surface area contributed by atoms with E-state index in [4.69, 9.17) is 15.2 Å². The van der Waals surface area contributed by atoms with Gasteiger partial charge in [-0.25, -0.2) is 13.8 Å². The van der Waals surface area contributed by atoms with E-state index >= 15 is 0 Å². The summed E-state index contributed by atoms with van der Waals surface area (Å²) in [5, 5.41) is 2.89. The van der Waals surface area contributed by atoms with E-state index in [2.05, 4.69) is 10.3 Å². The summed E-state index contributed by atoms with van der Waals surface area (Å²) in [5.41, 5.74) is 6.43. The minimum absolute atomic E-state index is 0. The van der Waals surface area contributed by atoms with Crippen LogP contribution in [-0.4, -0.2) is 31.6 Å². The average molecular weight is 425 g/mol. The van der Waals surface area contributed by atoms with Gasteiger partial charge in [-0.2, -0.15) is 0 Å². The minimum Gasteiger partial charge on any atom is -0.490 e. The van der Waals surface area contributed by atoms with Crippen LogP contribution in [0.2, 0.25) is 0 Å². The number of ether oxygens (including phenoxy) is 2. The number of nitrogens with two attached hydrogens (primary N) is 1. The van der Waals surface area contributed by atoms with Crippen LogP contribution in [-0.2, 0) is 0 Å². The number of nitrogens with zero attached hydrogens (tertiary/aromatic N) is 1. The predicted molar refractivity (Wildman–Crippen MR) is 90.6 cm³/mol. The van der Waals surface area contributed by atoms with Crippen LogP contribution in [0.25, 0.3) is 0 Å². The molecule has 3 N–H and O–H groups in total. The number of hydrogen-bond acceptors (Lipinski definition) is 3. The third-order valence-corrected chi connectivity index (χ3v) is 3.45. The lowest BCUT2D eigenvalue weighted by Crippen LogP contribution is -2.23. The fourth-order valence-electron chi connectivity index (χ4n) is 2.22. The standard InChI is InChI=1S/C14H17F2N3O2.HI/c15-13(16)9-7-10(9)19-14(17)18-8-2-3-11-12(6-8)21-5-1-4-20-11;/h2-3,6,9-10,13H,1,4-5,7H2,(H3,17,18,19);1H/t9-,10-;/m0./s1. The molecule has 22 heavy (non-hydrogen) atoms. The molecule has 1 aromatic rings. The molecule has 122 valence electrons. The molecule has 0 spiro atoms. The Morgan fingerprint density at radius 3 is 2.68 bits per heavy atom. The Balaban J connectivity index is 0.00000176. The van der Waals surface area contributed by atoms with Gasteiger partial charge in [-0.05, 0) is 18.6 Å². The summed E-state index contributed by atoms with van der Waals surface area (Å²) in [4.78, 5) is 4.05. The fourth-order valence-corrected chi connectivity index (χ4v) is 2.22. The maximum atomic E-state index is 12.4. The first kappa shape index (κ1) is 17.0. The molecule has 0 saturated heterocycles. The molecule has 1 fully saturated rings. The molecule has 0 radical (unpaired) electrons. The quantitative estimate of drug-likeness (QED) is 0.444. The van der Waals surface area contributed by atoms with Crippen LogP contribution < -0.4 is 20.5 Å². The average Bonchev–Trinajstić information content (AvgIpc) is 3.21. The van der Waals surface area contributed by atoms with E-state index in [0.29, 0.717) is 36.8 Å². The van der Waals surface area contributed by atoms with Crippen molar-refractivity contribution in [3.8, 4) is 11.5 Å². The van der Waals surface area contributed by atoms with E-state index in [0.717, 1.165) is 6.42 Å². The van der Waals surface area contributed by atoms with Gasteiger partial charge in [0.2, 0.25) is 6.43 Å². The van der Waals surface area contributed by atoms with Gasteiger partial charge < -0.3 is 20.5 Å². The lowest BCUT2D eigenvalue weighted by atomic mass is 10.3. The Morgan fingerprint density at radius 2 is 2.00 bits per heavy atom. The third-order valence-electron chi connectivity index (χ3n) is 3.45. The monoisotopic (exact) mass is 425 g/mol. The second kappa shape index (κ2) is 7.30. The molecule has 1 saturated carbocycles. The summed E-state index contributed by atoms with van der Waals surface area (Å²) in [6, 6.07) is 4.96. The van der Waals surface area contributed by atoms with Crippen molar-refractivity contribution in [3.05, 3.63) is 18.2 Å². The second-order valence-electron chi connectivity index (χ2n) is 5.15. The van der Waals surface area contributed by atoms with Gasteiger partial charge in [-0.3, -0.25) is 0 Å². The van der Waals surface area contributed by atoms with Gasteiger partial charge in [0.15, 0.2) is 17.5 Å². The van der Waals surface area contributed by atoms with Crippen LogP contribution in [0.5, 0.6) is 11.5 Å². The van der Waals surface area contributed by atoms with Crippen molar-refractivity contribution < 1.29 is 18.3 Å². The van der Waals surface area contributed by atoms with Gasteiger partial charge in [0, 0.05) is 24.1 Å². The molecule has 5 nitrogen and oxygen atoms in total. The number of benzene rings is 1. The number of hydrogen-bond donors (Lipinski definition) is 2. The number of halogens is 3. The lowest BCUT2D eigenvalue weighted by molar-refractivity contribution is 0.121. The summed E-state index contributed by atoms with van der Waals surface area (Å²) < 4.78 is 35.9. The smallest absolute Gasteiger partial charge is 0.243 e. The van der Waals surface area contributed by atoms with Crippen molar-refractivity contribution in [2.24, 2.45) is 16.6 Å². The van der Waals surface area contributed by atoms with Crippen LogP contribution in [0.1, 0.15) is 12.8 Å². The van der Waals surface area contributed by atoms with Crippen LogP contribution in [0.15, 0.2) is 23.2 Å². The van der Waals surface area contributed by atoms with Gasteiger partial charge in [0.25, 0.3) is 0 Å². The first-order valence-electron chi connectivity index (χ1n) is 6.91. The molecule has 1 aliphatic carbocycles. The topological polar surface area (TPSA) is 68.9 Å². The number of alkyl halides is 2. The van der Waals surface area contributed by atoms with Crippen molar-refractivity contribution >= 4 is 35.6 Å². The summed E-state index contributed by atoms with van der Waals surface area (Å²) in [7, 11) is 0. The Hall–Kier alpha value is -1.32. The molecule has 0 aromatic heterocycles. The van der Waals surface area contributed by atoms with Crippen molar-refractivity contribution in [1.82, 2.24) is 0 Å². The summed E-state index contributed by atoms with van der Waals surface area (Å²) in [5.74, 6) is 0.808. The number of rotatable bonds is 3. The molecule has 3 rings (SSSR count). The van der Waals surface area contributed by atoms with Crippen LogP contribution >= 0.6 is 24.0 Å². The van der Waals surface area contributed by atoms with Gasteiger partial charge in [0.1, 0.15) is 0 Å². The molecule has 1 aromatic carbocycles. The summed E-state index contributed by atoms with van der Waals surface area (Å²) in [6.45, 7) is 1.22. The predicted octanol–water partition coefficient (Wildman–Crippen LogP) is 2.85. The minimum atomic E-state index is -2.33. The molecule has 0 amide bonds. The zero-order chi connectivity index (χ0) is 14.8. The second-order valence-corrected chi connectivity index (χ2v) is 5.15. The van der Waals surface area contributed by atoms with Crippen LogP contribution in [0.3, 0.4) is 0 Å². The van der Waals surface area contributed by atoms with Crippen LogP contribution in [0.4, 0.5) is 14.5 Å². The van der Waals surface area contributed by atoms with Gasteiger partial charge in [-0.1, -0.05) is 0 Å². The zero-order valence-corrected chi connectivity index (χ0v) is 14.1. The van der Waals surface area contributed by atoms with E-state index in [-0.39, 0.29) is 36.0 Å². The maximum Gasteiger partial charge on any atom is 0.243 e. The highest BCUT2D eigenvalue weighted by molar-refractivity contribution is 14.0. The Labute approximate surface area is 144 Å². The maximum absolute atomic E-state index is 12.4. The first-order valence-corrected chi connectivity index (χ1v) is 6.91. The number of guanidine groups is 1. The summed E-state index contributed by atoms with van der Waals surface area (Å²) in [6.07, 6.45) is -1.11. The van der Waals surface area contributed by atoms with Crippen molar-refractivity contribution in [2.45, 2.75) is 25.3 Å². The Bertz CT molecular complexity index is 557. The molecule has 0 unspecified atom stereocenters. The van der Waals surface area contributed by atoms with E-state index in [9.17, 15) is 8.78 Å². The molecule has 0 bridgehead atoms. The van der Waals surface area contributed by atoms with Gasteiger partial charge in [0.05, 0.1) is 19.3 Å². The number of nitrogens with one attached hydrogen (secondary N) is 1. The highest BCUT2D eigenvalue weighted by Crippen LogP contribution is 2.39. The van der Waals surface area contributed by atoms with Crippen molar-refractivity contribution in [1.29, 1.82) is 0 Å². The van der Waals surface area contributed by atoms with Crippen molar-refractivity contribution in [2.75, 3.05) is 18.5 Å². The summed E-state index contributed by atoms with van der Waals surface area (Å²) >= 11 is 0. The number of anilines is 1. The van der Waals surface area contributed by atoms with Gasteiger partial charge >= 0.3 is 0 Å². The number of fused-ring (bicyclic) bond motifs is 1. The molecule has 2 atom stereocenters. The highest BCUT2D eigenvalue weighted by Gasteiger charge is 2.44. The largest absolute Gasteiger partial charge is 0.490 e.